The van der Waals surface area contributed by atoms with E-state index in [1.165, 1.54) is 0 Å². The van der Waals surface area contributed by atoms with Crippen LogP contribution in [0.1, 0.15) is 31.1 Å². The number of pyridine rings is 1. The standard InChI is InChI=1S/C12H15ClN2O5/c1-12(2,3)20-5-4-19-11(16)9-6-8(15(17)18)7-14-10(9)13/h6-7H,4-5H2,1-3H3. The minimum absolute atomic E-state index is 0.0229. The van der Waals surface area contributed by atoms with Crippen LogP contribution in [0.15, 0.2) is 12.3 Å². The van der Waals surface area contributed by atoms with Crippen LogP contribution >= 0.6 is 11.6 Å². The van der Waals surface area contributed by atoms with E-state index in [0.29, 0.717) is 0 Å². The van der Waals surface area contributed by atoms with Gasteiger partial charge in [-0.25, -0.2) is 9.78 Å². The SMILES string of the molecule is CC(C)(C)OCCOC(=O)c1cc([N+](=O)[O-])cnc1Cl. The zero-order valence-electron chi connectivity index (χ0n) is 11.4. The van der Waals surface area contributed by atoms with Crippen LogP contribution in [0.5, 0.6) is 0 Å². The van der Waals surface area contributed by atoms with Gasteiger partial charge in [-0.1, -0.05) is 11.6 Å². The highest BCUT2D eigenvalue weighted by atomic mass is 35.5. The lowest BCUT2D eigenvalue weighted by Gasteiger charge is -2.19. The largest absolute Gasteiger partial charge is 0.460 e. The lowest BCUT2D eigenvalue weighted by Crippen LogP contribution is -2.22. The Balaban J connectivity index is 2.63. The molecule has 0 spiro atoms. The van der Waals surface area contributed by atoms with Crippen molar-refractivity contribution in [3.63, 3.8) is 0 Å². The molecule has 0 atom stereocenters. The first-order valence-corrected chi connectivity index (χ1v) is 6.19. The van der Waals surface area contributed by atoms with Crippen molar-refractivity contribution in [2.45, 2.75) is 26.4 Å². The first kappa shape index (κ1) is 16.3. The number of nitro groups is 1. The lowest BCUT2D eigenvalue weighted by atomic mass is 10.2. The number of hydrogen-bond donors (Lipinski definition) is 0. The number of halogens is 1. The zero-order valence-corrected chi connectivity index (χ0v) is 12.1. The molecule has 1 rings (SSSR count). The number of carbonyl (C=O) groups excluding carboxylic acids is 1. The molecule has 0 saturated carbocycles. The Labute approximate surface area is 121 Å². The van der Waals surface area contributed by atoms with E-state index in [9.17, 15) is 14.9 Å². The van der Waals surface area contributed by atoms with Crippen LogP contribution in [0.2, 0.25) is 5.15 Å². The summed E-state index contributed by atoms with van der Waals surface area (Å²) in [6.07, 6.45) is 0.974. The summed E-state index contributed by atoms with van der Waals surface area (Å²) in [5.41, 5.74) is -0.805. The molecule has 0 aliphatic rings. The first-order valence-electron chi connectivity index (χ1n) is 5.82. The molecule has 0 aromatic carbocycles. The number of carbonyl (C=O) groups is 1. The van der Waals surface area contributed by atoms with E-state index in [1.54, 1.807) is 0 Å². The molecule has 8 heteroatoms. The van der Waals surface area contributed by atoms with Gasteiger partial charge in [0.15, 0.2) is 0 Å². The van der Waals surface area contributed by atoms with E-state index >= 15 is 0 Å². The second kappa shape index (κ2) is 6.62. The van der Waals surface area contributed by atoms with Gasteiger partial charge in [0, 0.05) is 6.07 Å². The molecule has 0 unspecified atom stereocenters. The number of hydrogen-bond acceptors (Lipinski definition) is 6. The van der Waals surface area contributed by atoms with Gasteiger partial charge < -0.3 is 9.47 Å². The first-order chi connectivity index (χ1) is 9.20. The molecule has 7 nitrogen and oxygen atoms in total. The van der Waals surface area contributed by atoms with Crippen LogP contribution in [-0.4, -0.2) is 34.7 Å². The van der Waals surface area contributed by atoms with E-state index in [2.05, 4.69) is 4.98 Å². The van der Waals surface area contributed by atoms with Crippen molar-refractivity contribution in [3.05, 3.63) is 33.1 Å². The number of esters is 1. The molecular formula is C12H15ClN2O5. The van der Waals surface area contributed by atoms with E-state index < -0.39 is 10.9 Å². The normalized spacial score (nSPS) is 11.2. The van der Waals surface area contributed by atoms with Crippen LogP contribution in [0.4, 0.5) is 5.69 Å². The Kier molecular flexibility index (Phi) is 5.41. The van der Waals surface area contributed by atoms with Gasteiger partial charge in [0.2, 0.25) is 0 Å². The summed E-state index contributed by atoms with van der Waals surface area (Å²) in [4.78, 5) is 25.3. The van der Waals surface area contributed by atoms with E-state index in [-0.39, 0.29) is 35.2 Å². The van der Waals surface area contributed by atoms with Gasteiger partial charge >= 0.3 is 5.97 Å². The van der Waals surface area contributed by atoms with Crippen molar-refractivity contribution in [2.24, 2.45) is 0 Å². The van der Waals surface area contributed by atoms with Crippen molar-refractivity contribution in [3.8, 4) is 0 Å². The van der Waals surface area contributed by atoms with Crippen molar-refractivity contribution in [1.29, 1.82) is 0 Å². The monoisotopic (exact) mass is 302 g/mol. The third-order valence-corrected chi connectivity index (χ3v) is 2.41. The summed E-state index contributed by atoms with van der Waals surface area (Å²) < 4.78 is 10.3. The van der Waals surface area contributed by atoms with E-state index in [0.717, 1.165) is 12.3 Å². The Hall–Kier alpha value is -1.73. The summed E-state index contributed by atoms with van der Waals surface area (Å²) in [6.45, 7) is 5.85. The maximum absolute atomic E-state index is 11.7. The average molecular weight is 303 g/mol. The Morgan fingerprint density at radius 2 is 2.10 bits per heavy atom. The summed E-state index contributed by atoms with van der Waals surface area (Å²) in [5, 5.41) is 10.5. The zero-order chi connectivity index (χ0) is 15.3. The Morgan fingerprint density at radius 3 is 2.65 bits per heavy atom. The molecule has 0 aliphatic carbocycles. The maximum Gasteiger partial charge on any atom is 0.341 e. The van der Waals surface area contributed by atoms with Gasteiger partial charge in [-0.05, 0) is 20.8 Å². The molecular weight excluding hydrogens is 288 g/mol. The molecule has 0 aliphatic heterocycles. The summed E-state index contributed by atoms with van der Waals surface area (Å²) in [5.74, 6) is -0.774. The summed E-state index contributed by atoms with van der Waals surface area (Å²) in [7, 11) is 0. The Bertz CT molecular complexity index is 513. The Morgan fingerprint density at radius 1 is 1.45 bits per heavy atom. The van der Waals surface area contributed by atoms with E-state index in [4.69, 9.17) is 21.1 Å². The molecule has 0 bridgehead atoms. The van der Waals surface area contributed by atoms with Crippen molar-refractivity contribution >= 4 is 23.3 Å². The van der Waals surface area contributed by atoms with Crippen LogP contribution < -0.4 is 0 Å². The van der Waals surface area contributed by atoms with Gasteiger partial charge in [0.05, 0.1) is 17.1 Å². The van der Waals surface area contributed by atoms with Gasteiger partial charge in [0.1, 0.15) is 23.5 Å². The summed E-state index contributed by atoms with van der Waals surface area (Å²) >= 11 is 5.72. The highest BCUT2D eigenvalue weighted by Gasteiger charge is 2.18. The molecule has 0 radical (unpaired) electrons. The van der Waals surface area contributed by atoms with Gasteiger partial charge in [-0.15, -0.1) is 0 Å². The van der Waals surface area contributed by atoms with Gasteiger partial charge in [0.25, 0.3) is 5.69 Å². The molecule has 20 heavy (non-hydrogen) atoms. The number of ether oxygens (including phenoxy) is 2. The fraction of sp³-hybridized carbons (Fsp3) is 0.500. The van der Waals surface area contributed by atoms with Crippen LogP contribution in [-0.2, 0) is 9.47 Å². The highest BCUT2D eigenvalue weighted by molar-refractivity contribution is 6.32. The smallest absolute Gasteiger partial charge is 0.341 e. The quantitative estimate of drug-likeness (QED) is 0.273. The van der Waals surface area contributed by atoms with Gasteiger partial charge in [-0.3, -0.25) is 10.1 Å². The molecule has 110 valence electrons. The number of rotatable bonds is 5. The minimum atomic E-state index is -0.774. The molecule has 0 saturated heterocycles. The molecule has 0 amide bonds. The van der Waals surface area contributed by atoms with Gasteiger partial charge in [-0.2, -0.15) is 0 Å². The molecule has 0 fully saturated rings. The highest BCUT2D eigenvalue weighted by Crippen LogP contribution is 2.19. The van der Waals surface area contributed by atoms with Crippen molar-refractivity contribution in [1.82, 2.24) is 4.98 Å². The third kappa shape index (κ3) is 5.10. The molecule has 1 aromatic rings. The fourth-order valence-corrected chi connectivity index (χ4v) is 1.42. The summed E-state index contributed by atoms with van der Waals surface area (Å²) in [6, 6.07) is 1.03. The van der Waals surface area contributed by atoms with Crippen molar-refractivity contribution < 1.29 is 19.2 Å². The second-order valence-corrected chi connectivity index (χ2v) is 5.24. The van der Waals surface area contributed by atoms with Crippen LogP contribution in [0.3, 0.4) is 0 Å². The maximum atomic E-state index is 11.7. The number of aromatic nitrogens is 1. The molecule has 1 heterocycles. The predicted octanol–water partition coefficient (Wildman–Crippen LogP) is 2.62. The minimum Gasteiger partial charge on any atom is -0.460 e. The van der Waals surface area contributed by atoms with Crippen molar-refractivity contribution in [2.75, 3.05) is 13.2 Å². The van der Waals surface area contributed by atoms with Crippen LogP contribution in [0.25, 0.3) is 0 Å². The third-order valence-electron chi connectivity index (χ3n) is 2.11. The second-order valence-electron chi connectivity index (χ2n) is 4.89. The lowest BCUT2D eigenvalue weighted by molar-refractivity contribution is -0.385. The predicted molar refractivity (Wildman–Crippen MR) is 71.9 cm³/mol. The number of nitrogens with zero attached hydrogens (tertiary/aromatic N) is 2. The molecule has 1 aromatic heterocycles. The molecule has 0 N–H and O–H groups in total. The van der Waals surface area contributed by atoms with Crippen LogP contribution in [0, 0.1) is 10.1 Å². The fourth-order valence-electron chi connectivity index (χ4n) is 1.24. The van der Waals surface area contributed by atoms with E-state index in [1.807, 2.05) is 20.8 Å². The average Bonchev–Trinajstić information content (AvgIpc) is 2.33. The topological polar surface area (TPSA) is 91.6 Å².